The molecule has 94 valence electrons. The van der Waals surface area contributed by atoms with E-state index in [9.17, 15) is 9.18 Å². The van der Waals surface area contributed by atoms with Crippen LogP contribution in [0.25, 0.3) is 5.57 Å². The average Bonchev–Trinajstić information content (AvgIpc) is 2.34. The van der Waals surface area contributed by atoms with E-state index in [0.29, 0.717) is 0 Å². The first kappa shape index (κ1) is 13.9. The molecule has 0 atom stereocenters. The minimum Gasteiger partial charge on any atom is -0.462 e. The minimum absolute atomic E-state index is 0.0399. The number of benzene rings is 1. The summed E-state index contributed by atoms with van der Waals surface area (Å²) in [6.07, 6.45) is 1.01. The van der Waals surface area contributed by atoms with Crippen LogP contribution in [0.5, 0.6) is 0 Å². The van der Waals surface area contributed by atoms with Crippen molar-refractivity contribution in [2.75, 3.05) is 6.61 Å². The number of esters is 1. The van der Waals surface area contributed by atoms with E-state index in [1.807, 2.05) is 13.8 Å². The molecule has 0 aromatic heterocycles. The summed E-state index contributed by atoms with van der Waals surface area (Å²) in [6.45, 7) is 4.07. The summed E-state index contributed by atoms with van der Waals surface area (Å²) in [5.41, 5.74) is 0.0587. The zero-order valence-corrected chi connectivity index (χ0v) is 10.3. The lowest BCUT2D eigenvalue weighted by Crippen LogP contribution is -2.08. The molecule has 0 heterocycles. The van der Waals surface area contributed by atoms with Crippen molar-refractivity contribution < 1.29 is 13.9 Å². The number of ether oxygens (including phenoxy) is 1. The number of nitriles is 1. The van der Waals surface area contributed by atoms with Crippen LogP contribution < -0.4 is 0 Å². The molecule has 1 aromatic carbocycles. The Morgan fingerprint density at radius 2 is 2.17 bits per heavy atom. The molecule has 0 fully saturated rings. The summed E-state index contributed by atoms with van der Waals surface area (Å²) in [5, 5.41) is 8.94. The molecule has 0 aliphatic rings. The van der Waals surface area contributed by atoms with Crippen molar-refractivity contribution in [3.8, 4) is 6.07 Å². The van der Waals surface area contributed by atoms with Crippen LogP contribution in [0.4, 0.5) is 4.39 Å². The van der Waals surface area contributed by atoms with E-state index in [-0.39, 0.29) is 23.7 Å². The number of rotatable bonds is 4. The number of hydrogen-bond donors (Lipinski definition) is 0. The summed E-state index contributed by atoms with van der Waals surface area (Å²) < 4.78 is 18.4. The molecular formula is C14H14FNO2. The monoisotopic (exact) mass is 247 g/mol. The van der Waals surface area contributed by atoms with Gasteiger partial charge in [-0.25, -0.2) is 9.18 Å². The highest BCUT2D eigenvalue weighted by atomic mass is 19.1. The van der Waals surface area contributed by atoms with E-state index in [1.54, 1.807) is 12.1 Å². The van der Waals surface area contributed by atoms with Gasteiger partial charge in [0.25, 0.3) is 0 Å². The van der Waals surface area contributed by atoms with Crippen molar-refractivity contribution in [3.63, 3.8) is 0 Å². The van der Waals surface area contributed by atoms with E-state index >= 15 is 0 Å². The Labute approximate surface area is 105 Å². The topological polar surface area (TPSA) is 50.1 Å². The maximum absolute atomic E-state index is 13.4. The zero-order chi connectivity index (χ0) is 13.5. The highest BCUT2D eigenvalue weighted by molar-refractivity contribution is 5.95. The number of hydrogen-bond acceptors (Lipinski definition) is 3. The smallest absolute Gasteiger partial charge is 0.332 e. The van der Waals surface area contributed by atoms with Crippen LogP contribution in [0.2, 0.25) is 0 Å². The molecule has 0 saturated heterocycles. The summed E-state index contributed by atoms with van der Waals surface area (Å²) in [5.74, 6) is -0.966. The Morgan fingerprint density at radius 3 is 2.72 bits per heavy atom. The van der Waals surface area contributed by atoms with E-state index < -0.39 is 11.8 Å². The fourth-order valence-electron chi connectivity index (χ4n) is 1.26. The van der Waals surface area contributed by atoms with Gasteiger partial charge in [0.2, 0.25) is 0 Å². The highest BCUT2D eigenvalue weighted by Gasteiger charge is 2.09. The van der Waals surface area contributed by atoms with Crippen LogP contribution in [0.3, 0.4) is 0 Å². The van der Waals surface area contributed by atoms with E-state index in [0.717, 1.165) is 6.08 Å². The van der Waals surface area contributed by atoms with Gasteiger partial charge < -0.3 is 4.74 Å². The third-order valence-corrected chi connectivity index (χ3v) is 2.11. The molecule has 0 aliphatic carbocycles. The molecule has 0 amide bonds. The molecular weight excluding hydrogens is 233 g/mol. The van der Waals surface area contributed by atoms with Gasteiger partial charge in [-0.15, -0.1) is 0 Å². The molecule has 0 saturated carbocycles. The Hall–Kier alpha value is -2.15. The van der Waals surface area contributed by atoms with Crippen LogP contribution in [0.1, 0.15) is 19.4 Å². The number of carbonyl (C=O) groups excluding carboxylic acids is 1. The second kappa shape index (κ2) is 6.55. The first-order valence-corrected chi connectivity index (χ1v) is 5.58. The van der Waals surface area contributed by atoms with Crippen molar-refractivity contribution in [2.24, 2.45) is 5.92 Å². The zero-order valence-electron chi connectivity index (χ0n) is 10.3. The van der Waals surface area contributed by atoms with Crippen LogP contribution in [-0.2, 0) is 9.53 Å². The Balaban J connectivity index is 2.88. The molecule has 0 N–H and O–H groups in total. The fourth-order valence-corrected chi connectivity index (χ4v) is 1.26. The standard InChI is InChI=1S/C14H14FNO2/c1-10(2)9-18-14(17)7-11(8-16)12-5-3-4-6-13(12)15/h3-7,10H,9H2,1-2H3. The van der Waals surface area contributed by atoms with Crippen molar-refractivity contribution in [2.45, 2.75) is 13.8 Å². The third-order valence-electron chi connectivity index (χ3n) is 2.11. The number of carbonyl (C=O) groups is 1. The van der Waals surface area contributed by atoms with Crippen LogP contribution >= 0.6 is 0 Å². The van der Waals surface area contributed by atoms with Gasteiger partial charge in [0.15, 0.2) is 0 Å². The third kappa shape index (κ3) is 4.02. The minimum atomic E-state index is -0.636. The quantitative estimate of drug-likeness (QED) is 0.467. The van der Waals surface area contributed by atoms with Gasteiger partial charge in [-0.05, 0) is 12.0 Å². The number of allylic oxidation sites excluding steroid dienone is 1. The van der Waals surface area contributed by atoms with Crippen molar-refractivity contribution in [1.82, 2.24) is 0 Å². The van der Waals surface area contributed by atoms with E-state index in [2.05, 4.69) is 0 Å². The maximum atomic E-state index is 13.4. The molecule has 0 aliphatic heterocycles. The van der Waals surface area contributed by atoms with Gasteiger partial charge >= 0.3 is 5.97 Å². The SMILES string of the molecule is CC(C)COC(=O)C=C(C#N)c1ccccc1F. The number of halogens is 1. The van der Waals surface area contributed by atoms with Gasteiger partial charge in [0.05, 0.1) is 12.2 Å². The van der Waals surface area contributed by atoms with Crippen LogP contribution in [0.15, 0.2) is 30.3 Å². The molecule has 18 heavy (non-hydrogen) atoms. The van der Waals surface area contributed by atoms with E-state index in [4.69, 9.17) is 10.00 Å². The van der Waals surface area contributed by atoms with Crippen molar-refractivity contribution in [3.05, 3.63) is 41.7 Å². The molecule has 0 unspecified atom stereocenters. The Bertz CT molecular complexity index is 501. The molecule has 0 spiro atoms. The van der Waals surface area contributed by atoms with Gasteiger partial charge in [0, 0.05) is 11.6 Å². The lowest BCUT2D eigenvalue weighted by molar-refractivity contribution is -0.138. The highest BCUT2D eigenvalue weighted by Crippen LogP contribution is 2.17. The lowest BCUT2D eigenvalue weighted by atomic mass is 10.1. The second-order valence-electron chi connectivity index (χ2n) is 4.17. The molecule has 0 radical (unpaired) electrons. The van der Waals surface area contributed by atoms with Gasteiger partial charge in [-0.3, -0.25) is 0 Å². The summed E-state index contributed by atoms with van der Waals surface area (Å²) >= 11 is 0. The Morgan fingerprint density at radius 1 is 1.50 bits per heavy atom. The maximum Gasteiger partial charge on any atom is 0.332 e. The second-order valence-corrected chi connectivity index (χ2v) is 4.17. The predicted molar refractivity (Wildman–Crippen MR) is 65.8 cm³/mol. The molecule has 1 aromatic rings. The normalized spacial score (nSPS) is 11.2. The molecule has 3 nitrogen and oxygen atoms in total. The van der Waals surface area contributed by atoms with Gasteiger partial charge in [0.1, 0.15) is 11.9 Å². The average molecular weight is 247 g/mol. The van der Waals surface area contributed by atoms with Crippen molar-refractivity contribution in [1.29, 1.82) is 5.26 Å². The summed E-state index contributed by atoms with van der Waals surface area (Å²) in [6, 6.07) is 7.60. The van der Waals surface area contributed by atoms with E-state index in [1.165, 1.54) is 18.2 Å². The molecule has 0 bridgehead atoms. The summed E-state index contributed by atoms with van der Waals surface area (Å²) in [4.78, 5) is 11.4. The molecule has 4 heteroatoms. The number of nitrogens with zero attached hydrogens (tertiary/aromatic N) is 1. The van der Waals surface area contributed by atoms with Gasteiger partial charge in [-0.1, -0.05) is 32.0 Å². The molecule has 1 rings (SSSR count). The fraction of sp³-hybridized carbons (Fsp3) is 0.286. The Kier molecular flexibility index (Phi) is 5.06. The summed E-state index contributed by atoms with van der Waals surface area (Å²) in [7, 11) is 0. The van der Waals surface area contributed by atoms with Crippen LogP contribution in [-0.4, -0.2) is 12.6 Å². The largest absolute Gasteiger partial charge is 0.462 e. The lowest BCUT2D eigenvalue weighted by Gasteiger charge is -2.05. The predicted octanol–water partition coefficient (Wildman–Crippen LogP) is 2.93. The van der Waals surface area contributed by atoms with Crippen LogP contribution in [0, 0.1) is 23.1 Å². The van der Waals surface area contributed by atoms with Crippen molar-refractivity contribution >= 4 is 11.5 Å². The van der Waals surface area contributed by atoms with Gasteiger partial charge in [-0.2, -0.15) is 5.26 Å². The first-order valence-electron chi connectivity index (χ1n) is 5.58. The first-order chi connectivity index (χ1) is 8.54.